The van der Waals surface area contributed by atoms with E-state index >= 15 is 0 Å². The second-order valence-electron chi connectivity index (χ2n) is 3.41. The molecule has 0 spiro atoms. The number of carbonyl (C=O) groups is 1. The van der Waals surface area contributed by atoms with Gasteiger partial charge in [-0.1, -0.05) is 0 Å². The predicted molar refractivity (Wildman–Crippen MR) is 45.7 cm³/mol. The Kier molecular flexibility index (Phi) is 3.05. The van der Waals surface area contributed by atoms with Crippen LogP contribution in [0.2, 0.25) is 0 Å². The normalized spacial score (nSPS) is 30.6. The lowest BCUT2D eigenvalue weighted by atomic mass is 10.2. The van der Waals surface area contributed by atoms with Crippen molar-refractivity contribution in [2.75, 3.05) is 20.2 Å². The Hall–Kier alpha value is -0.610. The number of nitrogens with one attached hydrogen (secondary N) is 1. The van der Waals surface area contributed by atoms with Crippen LogP contribution in [0, 0.1) is 0 Å². The molecule has 0 saturated carbocycles. The number of nitrogens with zero attached hydrogens (tertiary/aromatic N) is 1. The van der Waals surface area contributed by atoms with Gasteiger partial charge in [0.2, 0.25) is 5.91 Å². The molecule has 2 atom stereocenters. The first-order chi connectivity index (χ1) is 5.63. The summed E-state index contributed by atoms with van der Waals surface area (Å²) in [7, 11) is 1.96. The highest BCUT2D eigenvalue weighted by Gasteiger charge is 2.28. The number of amides is 1. The number of likely N-dealkylation sites (N-methyl/N-ethyl adjacent to an activating group) is 1. The molecule has 4 heteroatoms. The van der Waals surface area contributed by atoms with E-state index in [0.29, 0.717) is 0 Å². The first-order valence-corrected chi connectivity index (χ1v) is 4.21. The minimum atomic E-state index is 0.00647. The summed E-state index contributed by atoms with van der Waals surface area (Å²) < 4.78 is 0. The molecule has 12 heavy (non-hydrogen) atoms. The van der Waals surface area contributed by atoms with Gasteiger partial charge < -0.3 is 10.4 Å². The van der Waals surface area contributed by atoms with Crippen molar-refractivity contribution in [3.63, 3.8) is 0 Å². The Bertz CT molecular complexity index is 172. The molecule has 2 N–H and O–H groups in total. The number of likely N-dealkylation sites (tertiary alicyclic amines) is 1. The van der Waals surface area contributed by atoms with Gasteiger partial charge in [0.1, 0.15) is 0 Å². The van der Waals surface area contributed by atoms with Crippen LogP contribution in [0.4, 0.5) is 0 Å². The van der Waals surface area contributed by atoms with Crippen molar-refractivity contribution in [3.8, 4) is 0 Å². The molecule has 1 aliphatic heterocycles. The topological polar surface area (TPSA) is 52.6 Å². The molecule has 2 unspecified atom stereocenters. The van der Waals surface area contributed by atoms with Crippen LogP contribution in [0.15, 0.2) is 0 Å². The van der Waals surface area contributed by atoms with E-state index in [-0.39, 0.29) is 24.6 Å². The third kappa shape index (κ3) is 2.19. The highest BCUT2D eigenvalue weighted by atomic mass is 16.3. The fourth-order valence-electron chi connectivity index (χ4n) is 1.69. The lowest BCUT2D eigenvalue weighted by Crippen LogP contribution is -2.34. The molecule has 0 aromatic rings. The van der Waals surface area contributed by atoms with E-state index in [9.17, 15) is 4.79 Å². The smallest absolute Gasteiger partial charge is 0.217 e. The summed E-state index contributed by atoms with van der Waals surface area (Å²) >= 11 is 0. The van der Waals surface area contributed by atoms with Crippen LogP contribution >= 0.6 is 0 Å². The summed E-state index contributed by atoms with van der Waals surface area (Å²) in [5.74, 6) is 0.00647. The van der Waals surface area contributed by atoms with Gasteiger partial charge in [-0.2, -0.15) is 0 Å². The Morgan fingerprint density at radius 3 is 2.83 bits per heavy atom. The van der Waals surface area contributed by atoms with Crippen LogP contribution in [0.25, 0.3) is 0 Å². The Morgan fingerprint density at radius 1 is 1.75 bits per heavy atom. The van der Waals surface area contributed by atoms with Gasteiger partial charge in [0.25, 0.3) is 0 Å². The van der Waals surface area contributed by atoms with Gasteiger partial charge in [0, 0.05) is 25.6 Å². The maximum atomic E-state index is 10.7. The molecule has 1 amide bonds. The fraction of sp³-hybridized carbons (Fsp3) is 0.875. The molecular weight excluding hydrogens is 156 g/mol. The lowest BCUT2D eigenvalue weighted by molar-refractivity contribution is -0.119. The largest absolute Gasteiger partial charge is 0.395 e. The standard InChI is InChI=1S/C8H16N2O2/c1-6(12)9-7-3-8(5-11)10(2)4-7/h7-8,11H,3-5H2,1-2H3,(H,9,12). The molecule has 1 saturated heterocycles. The zero-order valence-electron chi connectivity index (χ0n) is 7.58. The number of aliphatic hydroxyl groups is 1. The zero-order chi connectivity index (χ0) is 9.14. The van der Waals surface area contributed by atoms with Crippen molar-refractivity contribution in [1.29, 1.82) is 0 Å². The summed E-state index contributed by atoms with van der Waals surface area (Å²) in [5.41, 5.74) is 0. The molecule has 1 heterocycles. The average Bonchev–Trinajstić information content (AvgIpc) is 2.29. The van der Waals surface area contributed by atoms with Crippen LogP contribution in [0.3, 0.4) is 0 Å². The zero-order valence-corrected chi connectivity index (χ0v) is 7.58. The number of carbonyl (C=O) groups excluding carboxylic acids is 1. The van der Waals surface area contributed by atoms with E-state index in [1.54, 1.807) is 0 Å². The number of hydrogen-bond donors (Lipinski definition) is 2. The van der Waals surface area contributed by atoms with Gasteiger partial charge in [0.05, 0.1) is 6.61 Å². The maximum Gasteiger partial charge on any atom is 0.217 e. The fourth-order valence-corrected chi connectivity index (χ4v) is 1.69. The SMILES string of the molecule is CC(=O)NC1CC(CO)N(C)C1. The van der Waals surface area contributed by atoms with Crippen LogP contribution in [0.1, 0.15) is 13.3 Å². The summed E-state index contributed by atoms with van der Waals surface area (Å²) in [6.45, 7) is 2.53. The van der Waals surface area contributed by atoms with Gasteiger partial charge in [-0.25, -0.2) is 0 Å². The van der Waals surface area contributed by atoms with Gasteiger partial charge in [-0.05, 0) is 13.5 Å². The van der Waals surface area contributed by atoms with Crippen molar-refractivity contribution in [1.82, 2.24) is 10.2 Å². The molecule has 0 aliphatic carbocycles. The van der Waals surface area contributed by atoms with Crippen molar-refractivity contribution < 1.29 is 9.90 Å². The van der Waals surface area contributed by atoms with E-state index < -0.39 is 0 Å². The number of aliphatic hydroxyl groups excluding tert-OH is 1. The van der Waals surface area contributed by atoms with Crippen molar-refractivity contribution in [3.05, 3.63) is 0 Å². The van der Waals surface area contributed by atoms with E-state index in [0.717, 1.165) is 13.0 Å². The molecule has 1 rings (SSSR count). The molecule has 0 aromatic heterocycles. The molecule has 1 aliphatic rings. The summed E-state index contributed by atoms with van der Waals surface area (Å²) in [5, 5.41) is 11.8. The molecule has 0 aromatic carbocycles. The second kappa shape index (κ2) is 3.87. The Labute approximate surface area is 72.6 Å². The number of hydrogen-bond acceptors (Lipinski definition) is 3. The molecular formula is C8H16N2O2. The number of rotatable bonds is 2. The first kappa shape index (κ1) is 9.48. The van der Waals surface area contributed by atoms with E-state index in [1.807, 2.05) is 7.05 Å². The van der Waals surface area contributed by atoms with Gasteiger partial charge in [-0.15, -0.1) is 0 Å². The molecule has 1 fully saturated rings. The van der Waals surface area contributed by atoms with Gasteiger partial charge in [-0.3, -0.25) is 9.69 Å². The van der Waals surface area contributed by atoms with Gasteiger partial charge in [0.15, 0.2) is 0 Å². The minimum Gasteiger partial charge on any atom is -0.395 e. The highest BCUT2D eigenvalue weighted by Crippen LogP contribution is 2.14. The molecule has 4 nitrogen and oxygen atoms in total. The summed E-state index contributed by atoms with van der Waals surface area (Å²) in [6, 6.07) is 0.423. The third-order valence-corrected chi connectivity index (χ3v) is 2.31. The van der Waals surface area contributed by atoms with Crippen LogP contribution in [0.5, 0.6) is 0 Å². The van der Waals surface area contributed by atoms with Crippen molar-refractivity contribution in [2.24, 2.45) is 0 Å². The minimum absolute atomic E-state index is 0.00647. The van der Waals surface area contributed by atoms with Crippen molar-refractivity contribution >= 4 is 5.91 Å². The monoisotopic (exact) mass is 172 g/mol. The van der Waals surface area contributed by atoms with Crippen LogP contribution < -0.4 is 5.32 Å². The summed E-state index contributed by atoms with van der Waals surface area (Å²) in [4.78, 5) is 12.8. The first-order valence-electron chi connectivity index (χ1n) is 4.21. The van der Waals surface area contributed by atoms with E-state index in [1.165, 1.54) is 6.92 Å². The van der Waals surface area contributed by atoms with Gasteiger partial charge >= 0.3 is 0 Å². The Morgan fingerprint density at radius 2 is 2.42 bits per heavy atom. The third-order valence-electron chi connectivity index (χ3n) is 2.31. The van der Waals surface area contributed by atoms with E-state index in [2.05, 4.69) is 10.2 Å². The molecule has 70 valence electrons. The Balaban J connectivity index is 2.37. The molecule has 0 radical (unpaired) electrons. The highest BCUT2D eigenvalue weighted by molar-refractivity contribution is 5.73. The van der Waals surface area contributed by atoms with Crippen molar-refractivity contribution in [2.45, 2.75) is 25.4 Å². The predicted octanol–water partition coefficient (Wildman–Crippen LogP) is -0.812. The van der Waals surface area contributed by atoms with Crippen LogP contribution in [-0.2, 0) is 4.79 Å². The van der Waals surface area contributed by atoms with E-state index in [4.69, 9.17) is 5.11 Å². The summed E-state index contributed by atoms with van der Waals surface area (Å²) in [6.07, 6.45) is 0.854. The average molecular weight is 172 g/mol. The maximum absolute atomic E-state index is 10.7. The van der Waals surface area contributed by atoms with Crippen LogP contribution in [-0.4, -0.2) is 48.2 Å². The lowest BCUT2D eigenvalue weighted by Gasteiger charge is -2.14. The quantitative estimate of drug-likeness (QED) is 0.572. The second-order valence-corrected chi connectivity index (χ2v) is 3.41. The molecule has 0 bridgehead atoms.